The Morgan fingerprint density at radius 2 is 1.83 bits per heavy atom. The van der Waals surface area contributed by atoms with Crippen molar-refractivity contribution in [1.29, 1.82) is 0 Å². The van der Waals surface area contributed by atoms with Crippen LogP contribution in [-0.4, -0.2) is 82.9 Å². The van der Waals surface area contributed by atoms with Crippen molar-refractivity contribution in [3.63, 3.8) is 0 Å². The molecule has 16 nitrogen and oxygen atoms in total. The first kappa shape index (κ1) is 25.9. The minimum Gasteiger partial charge on any atom is -0.387 e. The van der Waals surface area contributed by atoms with E-state index in [-0.39, 0.29) is 18.0 Å². The maximum absolute atomic E-state index is 12.1. The van der Waals surface area contributed by atoms with E-state index in [9.17, 15) is 33.6 Å². The summed E-state index contributed by atoms with van der Waals surface area (Å²) in [5.74, 6) is 0. The van der Waals surface area contributed by atoms with E-state index in [0.29, 0.717) is 0 Å². The number of nitrogens with one attached hydrogen (secondary N) is 1. The largest absolute Gasteiger partial charge is 0.490 e. The van der Waals surface area contributed by atoms with Gasteiger partial charge in [-0.25, -0.2) is 18.5 Å². The molecule has 174 valence electrons. The highest BCUT2D eigenvalue weighted by Crippen LogP contribution is 2.66. The Kier molecular flexibility index (Phi) is 7.67. The van der Waals surface area contributed by atoms with E-state index in [4.69, 9.17) is 31.6 Å². The smallest absolute Gasteiger partial charge is 0.387 e. The fourth-order valence-corrected chi connectivity index (χ4v) is 5.90. The van der Waals surface area contributed by atoms with Crippen LogP contribution in [0, 0.1) is 0 Å². The summed E-state index contributed by atoms with van der Waals surface area (Å²) in [6.45, 7) is 0.180. The molecular formula is C10H19N2O14P3S. The third-order valence-corrected chi connectivity index (χ3v) is 8.05. The van der Waals surface area contributed by atoms with Crippen LogP contribution in [0.3, 0.4) is 0 Å². The lowest BCUT2D eigenvalue weighted by molar-refractivity contribution is -0.118. The van der Waals surface area contributed by atoms with Crippen LogP contribution in [-0.2, 0) is 31.6 Å². The maximum atomic E-state index is 12.1. The molecule has 0 aromatic rings. The molecule has 2 fully saturated rings. The van der Waals surface area contributed by atoms with Crippen LogP contribution in [0.2, 0.25) is 0 Å². The first-order chi connectivity index (χ1) is 13.4. The average Bonchev–Trinajstić information content (AvgIpc) is 2.73. The quantitative estimate of drug-likeness (QED) is 0.150. The van der Waals surface area contributed by atoms with Crippen molar-refractivity contribution in [2.45, 2.75) is 37.4 Å². The predicted octanol–water partition coefficient (Wildman–Crippen LogP) is -1.09. The minimum atomic E-state index is -5.71. The van der Waals surface area contributed by atoms with E-state index in [0.717, 1.165) is 11.8 Å². The number of carbonyl (C=O) groups is 1. The minimum absolute atomic E-state index is 0.0425. The van der Waals surface area contributed by atoms with Gasteiger partial charge in [-0.3, -0.25) is 9.42 Å². The summed E-state index contributed by atoms with van der Waals surface area (Å²) in [4.78, 5) is 48.9. The van der Waals surface area contributed by atoms with Gasteiger partial charge in [-0.2, -0.15) is 8.62 Å². The van der Waals surface area contributed by atoms with E-state index in [2.05, 4.69) is 18.5 Å². The first-order valence-electron chi connectivity index (χ1n) is 7.88. The zero-order valence-corrected chi connectivity index (χ0v) is 18.5. The van der Waals surface area contributed by atoms with Crippen LogP contribution in [0.1, 0.15) is 13.3 Å². The summed E-state index contributed by atoms with van der Waals surface area (Å²) in [7, 11) is -16.7. The number of hydrogen-bond acceptors (Lipinski definition) is 11. The molecule has 0 saturated carbocycles. The van der Waals surface area contributed by atoms with Gasteiger partial charge in [-0.05, 0) is 6.92 Å². The monoisotopic (exact) mass is 516 g/mol. The second-order valence-electron chi connectivity index (χ2n) is 6.38. The fourth-order valence-electron chi connectivity index (χ4n) is 2.69. The molecule has 30 heavy (non-hydrogen) atoms. The molecule has 0 aromatic heterocycles. The van der Waals surface area contributed by atoms with Crippen LogP contribution in [0.15, 0.2) is 0 Å². The van der Waals surface area contributed by atoms with E-state index in [1.807, 2.05) is 0 Å². The molecule has 0 aliphatic carbocycles. The molecule has 2 saturated heterocycles. The van der Waals surface area contributed by atoms with Crippen LogP contribution in [0.4, 0.5) is 4.79 Å². The Bertz CT molecular complexity index is 846. The van der Waals surface area contributed by atoms with Crippen molar-refractivity contribution in [3.8, 4) is 0 Å². The lowest BCUT2D eigenvalue weighted by atomic mass is 9.96. The molecular weight excluding hydrogens is 497 g/mol. The molecule has 20 heteroatoms. The number of phosphoric ester groups is 1. The number of carbonyl (C=O) groups excluding carboxylic acids is 1. The number of aliphatic hydroxyl groups excluding tert-OH is 1. The third kappa shape index (κ3) is 6.58. The highest BCUT2D eigenvalue weighted by molar-refractivity contribution is 7.80. The fraction of sp³-hybridized carbons (Fsp3) is 0.800. The van der Waals surface area contributed by atoms with E-state index in [1.165, 1.54) is 0 Å². The van der Waals surface area contributed by atoms with Crippen molar-refractivity contribution < 1.29 is 66.2 Å². The topological polar surface area (TPSA) is 242 Å². The van der Waals surface area contributed by atoms with Gasteiger partial charge in [0.25, 0.3) is 0 Å². The molecule has 0 aromatic carbocycles. The zero-order valence-electron chi connectivity index (χ0n) is 15.0. The molecule has 2 amide bonds. The molecule has 2 aliphatic rings. The van der Waals surface area contributed by atoms with Crippen LogP contribution in [0.5, 0.6) is 0 Å². The van der Waals surface area contributed by atoms with Gasteiger partial charge in [0.05, 0.1) is 11.6 Å². The Hall–Kier alpha value is -0.350. The van der Waals surface area contributed by atoms with E-state index in [1.54, 1.807) is 0 Å². The van der Waals surface area contributed by atoms with Crippen LogP contribution in [0.25, 0.3) is 0 Å². The molecule has 0 spiro atoms. The lowest BCUT2D eigenvalue weighted by Crippen LogP contribution is -2.60. The standard InChI is InChI=1S/C10H19N2O14P3S/c1-10(15)7(13)5(24-8(10)12-3-2-6(30)11-9(12)14)4-23-28(19,20)26-29(21,22)25-27(16,17)18/h5,7-8,13,15H,2-4H2,1H3,(H,19,20)(H,21,22)(H,11,14,30)(H2,16,17,18)/t5-,7?,8-,10-/m1/s1. The van der Waals surface area contributed by atoms with Crippen LogP contribution < -0.4 is 5.32 Å². The van der Waals surface area contributed by atoms with Crippen molar-refractivity contribution in [3.05, 3.63) is 0 Å². The number of urea groups is 1. The maximum Gasteiger partial charge on any atom is 0.490 e. The van der Waals surface area contributed by atoms with Crippen molar-refractivity contribution in [2.24, 2.45) is 0 Å². The van der Waals surface area contributed by atoms with Gasteiger partial charge in [0.2, 0.25) is 0 Å². The first-order valence-corrected chi connectivity index (χ1v) is 12.8. The summed E-state index contributed by atoms with van der Waals surface area (Å²) in [5, 5.41) is 23.1. The number of rotatable bonds is 8. The summed E-state index contributed by atoms with van der Waals surface area (Å²) in [5.41, 5.74) is -2.06. The van der Waals surface area contributed by atoms with E-state index >= 15 is 0 Å². The number of amides is 2. The number of ether oxygens (including phenoxy) is 1. The summed E-state index contributed by atoms with van der Waals surface area (Å²) >= 11 is 4.87. The predicted molar refractivity (Wildman–Crippen MR) is 97.6 cm³/mol. The van der Waals surface area contributed by atoms with Gasteiger partial charge < -0.3 is 39.8 Å². The highest BCUT2D eigenvalue weighted by atomic mass is 32.1. The molecule has 0 bridgehead atoms. The Morgan fingerprint density at radius 1 is 1.23 bits per heavy atom. The lowest BCUT2D eigenvalue weighted by Gasteiger charge is -2.37. The normalized spacial score (nSPS) is 34.4. The molecule has 0 radical (unpaired) electrons. The van der Waals surface area contributed by atoms with E-state index < -0.39 is 60.1 Å². The number of thiocarbonyl (C=S) groups is 1. The zero-order chi connectivity index (χ0) is 23.1. The molecule has 2 aliphatic heterocycles. The van der Waals surface area contributed by atoms with Gasteiger partial charge in [-0.1, -0.05) is 12.2 Å². The second-order valence-corrected chi connectivity index (χ2v) is 11.3. The molecule has 2 heterocycles. The highest BCUT2D eigenvalue weighted by Gasteiger charge is 2.56. The Balaban J connectivity index is 2.04. The number of phosphoric acid groups is 3. The number of hydrogen-bond donors (Lipinski definition) is 7. The third-order valence-electron chi connectivity index (χ3n) is 3.94. The molecule has 2 rings (SSSR count). The number of nitrogens with zero attached hydrogens (tertiary/aromatic N) is 1. The Morgan fingerprint density at radius 3 is 2.37 bits per heavy atom. The van der Waals surface area contributed by atoms with Gasteiger partial charge >= 0.3 is 29.5 Å². The Labute approximate surface area is 174 Å². The SMILES string of the molecule is C[C@@]1(O)C(O)[C@@H](COP(=O)(O)OP(=O)(O)OP(=O)(O)O)O[C@H]1N1CCC(=S)NC1=O. The average molecular weight is 516 g/mol. The molecule has 6 atom stereocenters. The van der Waals surface area contributed by atoms with Crippen molar-refractivity contribution in [2.75, 3.05) is 13.2 Å². The van der Waals surface area contributed by atoms with Gasteiger partial charge in [0.15, 0.2) is 6.23 Å². The van der Waals surface area contributed by atoms with Gasteiger partial charge in [-0.15, -0.1) is 0 Å². The van der Waals surface area contributed by atoms with Crippen molar-refractivity contribution >= 4 is 46.7 Å². The summed E-state index contributed by atoms with van der Waals surface area (Å²) in [6, 6.07) is -0.711. The second kappa shape index (κ2) is 8.89. The van der Waals surface area contributed by atoms with Gasteiger partial charge in [0.1, 0.15) is 17.8 Å². The van der Waals surface area contributed by atoms with Crippen molar-refractivity contribution in [1.82, 2.24) is 10.2 Å². The van der Waals surface area contributed by atoms with Gasteiger partial charge in [0, 0.05) is 13.0 Å². The summed E-state index contributed by atoms with van der Waals surface area (Å²) in [6.07, 6.45) is -4.43. The summed E-state index contributed by atoms with van der Waals surface area (Å²) < 4.78 is 50.5. The molecule has 7 N–H and O–H groups in total. The number of aliphatic hydroxyl groups is 2. The van der Waals surface area contributed by atoms with Crippen LogP contribution >= 0.6 is 35.7 Å². The molecule has 3 unspecified atom stereocenters.